The average Bonchev–Trinajstić information content (AvgIpc) is 3.16. The van der Waals surface area contributed by atoms with Crippen LogP contribution in [0.4, 0.5) is 0 Å². The minimum absolute atomic E-state index is 0.185. The summed E-state index contributed by atoms with van der Waals surface area (Å²) in [6.45, 7) is 6.21. The molecular weight excluding hydrogens is 360 g/mol. The third-order valence-corrected chi connectivity index (χ3v) is 5.83. The minimum atomic E-state index is -0.185. The van der Waals surface area contributed by atoms with Gasteiger partial charge in [0, 0.05) is 11.6 Å². The fourth-order valence-corrected chi connectivity index (χ4v) is 4.01. The summed E-state index contributed by atoms with van der Waals surface area (Å²) in [5.74, 6) is 0.735. The highest BCUT2D eigenvalue weighted by Crippen LogP contribution is 2.25. The van der Waals surface area contributed by atoms with Crippen molar-refractivity contribution in [1.29, 1.82) is 0 Å². The highest BCUT2D eigenvalue weighted by atomic mass is 16.2. The van der Waals surface area contributed by atoms with Crippen LogP contribution in [-0.2, 0) is 0 Å². The molecule has 0 atom stereocenters. The molecule has 29 heavy (non-hydrogen) atoms. The Balaban J connectivity index is 1.76. The number of rotatable bonds is 4. The van der Waals surface area contributed by atoms with Crippen LogP contribution in [0.1, 0.15) is 59.4 Å². The molecule has 3 aromatic rings. The van der Waals surface area contributed by atoms with Gasteiger partial charge in [-0.05, 0) is 56.9 Å². The predicted octanol–water partition coefficient (Wildman–Crippen LogP) is 4.92. The van der Waals surface area contributed by atoms with E-state index < -0.39 is 0 Å². The smallest absolute Gasteiger partial charge is 0.291 e. The van der Waals surface area contributed by atoms with Crippen LogP contribution in [0.2, 0.25) is 0 Å². The van der Waals surface area contributed by atoms with E-state index in [0.717, 1.165) is 35.2 Å². The van der Waals surface area contributed by atoms with Gasteiger partial charge < -0.3 is 5.32 Å². The largest absolute Gasteiger partial charge is 0.347 e. The van der Waals surface area contributed by atoms with E-state index >= 15 is 0 Å². The molecular formula is C24H28N4O. The third-order valence-electron chi connectivity index (χ3n) is 5.83. The molecule has 1 saturated carbocycles. The molecule has 0 spiro atoms. The average molecular weight is 389 g/mol. The number of hydrogen-bond donors (Lipinski definition) is 1. The minimum Gasteiger partial charge on any atom is -0.347 e. The predicted molar refractivity (Wildman–Crippen MR) is 115 cm³/mol. The third kappa shape index (κ3) is 4.09. The molecule has 1 heterocycles. The molecule has 5 heteroatoms. The lowest BCUT2D eigenvalue weighted by atomic mass is 9.95. The van der Waals surface area contributed by atoms with Crippen LogP contribution in [-0.4, -0.2) is 26.7 Å². The van der Waals surface area contributed by atoms with E-state index in [9.17, 15) is 4.79 Å². The van der Waals surface area contributed by atoms with E-state index in [-0.39, 0.29) is 17.8 Å². The second-order valence-electron chi connectivity index (χ2n) is 8.07. The Kier molecular flexibility index (Phi) is 5.47. The number of benzene rings is 2. The van der Waals surface area contributed by atoms with Crippen LogP contribution in [0.15, 0.2) is 42.5 Å². The summed E-state index contributed by atoms with van der Waals surface area (Å²) < 4.78 is 1.81. The lowest BCUT2D eigenvalue weighted by molar-refractivity contribution is 0.0917. The summed E-state index contributed by atoms with van der Waals surface area (Å²) in [4.78, 5) is 17.6. The number of hydrogen-bond acceptors (Lipinski definition) is 3. The van der Waals surface area contributed by atoms with Crippen LogP contribution in [0.3, 0.4) is 0 Å². The Morgan fingerprint density at radius 3 is 2.55 bits per heavy atom. The molecule has 0 aliphatic heterocycles. The van der Waals surface area contributed by atoms with Crippen LogP contribution in [0, 0.1) is 20.8 Å². The van der Waals surface area contributed by atoms with Crippen LogP contribution in [0.5, 0.6) is 0 Å². The summed E-state index contributed by atoms with van der Waals surface area (Å²) in [6.07, 6.45) is 5.67. The molecule has 1 N–H and O–H groups in total. The van der Waals surface area contributed by atoms with Gasteiger partial charge in [0.2, 0.25) is 5.82 Å². The second-order valence-corrected chi connectivity index (χ2v) is 8.07. The van der Waals surface area contributed by atoms with Gasteiger partial charge in [0.25, 0.3) is 5.91 Å². The van der Waals surface area contributed by atoms with Crippen molar-refractivity contribution >= 4 is 5.91 Å². The van der Waals surface area contributed by atoms with Crippen LogP contribution >= 0.6 is 0 Å². The lowest BCUT2D eigenvalue weighted by Gasteiger charge is -2.21. The number of carbonyl (C=O) groups excluding carboxylic acids is 1. The van der Waals surface area contributed by atoms with Crippen molar-refractivity contribution in [2.75, 3.05) is 0 Å². The fourth-order valence-electron chi connectivity index (χ4n) is 4.01. The first kappa shape index (κ1) is 19.4. The van der Waals surface area contributed by atoms with Crippen molar-refractivity contribution in [3.63, 3.8) is 0 Å². The van der Waals surface area contributed by atoms with Crippen molar-refractivity contribution in [3.05, 3.63) is 65.0 Å². The van der Waals surface area contributed by atoms with E-state index in [4.69, 9.17) is 0 Å². The van der Waals surface area contributed by atoms with E-state index in [0.29, 0.717) is 5.82 Å². The standard InChI is InChI=1S/C24H28N4O/c1-16-9-7-11-19(15-16)23-26-22(24(29)25-20-12-5-4-6-13-20)27-28(23)21-14-8-10-17(2)18(21)3/h7-11,14-15,20H,4-6,12-13H2,1-3H3,(H,25,29). The zero-order valence-electron chi connectivity index (χ0n) is 17.4. The number of nitrogens with one attached hydrogen (secondary N) is 1. The first-order valence-corrected chi connectivity index (χ1v) is 10.4. The number of amides is 1. The quantitative estimate of drug-likeness (QED) is 0.690. The van der Waals surface area contributed by atoms with Gasteiger partial charge in [-0.3, -0.25) is 4.79 Å². The molecule has 0 bridgehead atoms. The molecule has 0 radical (unpaired) electrons. The summed E-state index contributed by atoms with van der Waals surface area (Å²) in [5.41, 5.74) is 5.36. The van der Waals surface area contributed by atoms with Gasteiger partial charge in [-0.1, -0.05) is 55.2 Å². The van der Waals surface area contributed by atoms with Crippen molar-refractivity contribution in [1.82, 2.24) is 20.1 Å². The number of nitrogens with zero attached hydrogens (tertiary/aromatic N) is 3. The van der Waals surface area contributed by atoms with Gasteiger partial charge >= 0.3 is 0 Å². The first-order valence-electron chi connectivity index (χ1n) is 10.4. The first-order chi connectivity index (χ1) is 14.0. The Morgan fingerprint density at radius 2 is 1.79 bits per heavy atom. The molecule has 1 fully saturated rings. The molecule has 5 nitrogen and oxygen atoms in total. The van der Waals surface area contributed by atoms with Crippen molar-refractivity contribution in [2.24, 2.45) is 0 Å². The Labute approximate surface area is 172 Å². The summed E-state index contributed by atoms with van der Waals surface area (Å²) in [6, 6.07) is 14.5. The van der Waals surface area contributed by atoms with E-state index in [1.165, 1.54) is 24.8 Å². The maximum atomic E-state index is 12.9. The Hall–Kier alpha value is -2.95. The summed E-state index contributed by atoms with van der Waals surface area (Å²) in [5, 5.41) is 7.79. The molecule has 1 amide bonds. The Morgan fingerprint density at radius 1 is 1.03 bits per heavy atom. The van der Waals surface area contributed by atoms with E-state index in [2.05, 4.69) is 54.4 Å². The monoisotopic (exact) mass is 388 g/mol. The zero-order chi connectivity index (χ0) is 20.4. The zero-order valence-corrected chi connectivity index (χ0v) is 17.4. The molecule has 0 unspecified atom stereocenters. The second kappa shape index (κ2) is 8.19. The van der Waals surface area contributed by atoms with Gasteiger partial charge in [0.15, 0.2) is 5.82 Å². The van der Waals surface area contributed by atoms with Gasteiger partial charge in [0.05, 0.1) is 5.69 Å². The maximum Gasteiger partial charge on any atom is 0.291 e. The number of aromatic nitrogens is 3. The van der Waals surface area contributed by atoms with Gasteiger partial charge in [0.1, 0.15) is 0 Å². The molecule has 0 saturated heterocycles. The van der Waals surface area contributed by atoms with Gasteiger partial charge in [-0.2, -0.15) is 0 Å². The van der Waals surface area contributed by atoms with E-state index in [1.807, 2.05) is 28.9 Å². The fraction of sp³-hybridized carbons (Fsp3) is 0.375. The molecule has 2 aromatic carbocycles. The van der Waals surface area contributed by atoms with Gasteiger partial charge in [-0.25, -0.2) is 9.67 Å². The van der Waals surface area contributed by atoms with Crippen LogP contribution < -0.4 is 5.32 Å². The topological polar surface area (TPSA) is 59.8 Å². The molecule has 1 aliphatic rings. The summed E-state index contributed by atoms with van der Waals surface area (Å²) >= 11 is 0. The van der Waals surface area contributed by atoms with Crippen molar-refractivity contribution < 1.29 is 4.79 Å². The molecule has 150 valence electrons. The Bertz CT molecular complexity index is 1030. The highest BCUT2D eigenvalue weighted by molar-refractivity contribution is 5.91. The van der Waals surface area contributed by atoms with Crippen molar-refractivity contribution in [3.8, 4) is 17.1 Å². The van der Waals surface area contributed by atoms with E-state index in [1.54, 1.807) is 0 Å². The molecule has 4 rings (SSSR count). The molecule has 1 aliphatic carbocycles. The highest BCUT2D eigenvalue weighted by Gasteiger charge is 2.23. The molecule has 1 aromatic heterocycles. The SMILES string of the molecule is Cc1cccc(-c2nc(C(=O)NC3CCCCC3)nn2-c2cccc(C)c2C)c1. The maximum absolute atomic E-state index is 12.9. The summed E-state index contributed by atoms with van der Waals surface area (Å²) in [7, 11) is 0. The van der Waals surface area contributed by atoms with Crippen molar-refractivity contribution in [2.45, 2.75) is 58.9 Å². The normalized spacial score (nSPS) is 14.7. The number of carbonyl (C=O) groups is 1. The lowest BCUT2D eigenvalue weighted by Crippen LogP contribution is -2.36. The van der Waals surface area contributed by atoms with Crippen LogP contribution in [0.25, 0.3) is 17.1 Å². The number of aryl methyl sites for hydroxylation is 2. The van der Waals surface area contributed by atoms with Gasteiger partial charge in [-0.15, -0.1) is 5.10 Å².